The van der Waals surface area contributed by atoms with Gasteiger partial charge in [0, 0.05) is 17.8 Å². The minimum atomic E-state index is 0.759. The molecule has 2 aromatic carbocycles. The molecule has 5 nitrogen and oxygen atoms in total. The van der Waals surface area contributed by atoms with E-state index in [0.717, 1.165) is 33.8 Å². The first-order valence-corrected chi connectivity index (χ1v) is 7.53. The van der Waals surface area contributed by atoms with Gasteiger partial charge in [0.15, 0.2) is 0 Å². The minimum Gasteiger partial charge on any atom is -0.497 e. The predicted octanol–water partition coefficient (Wildman–Crippen LogP) is 4.22. The van der Waals surface area contributed by atoms with Crippen LogP contribution >= 0.6 is 0 Å². The number of rotatable bonds is 4. The van der Waals surface area contributed by atoms with Gasteiger partial charge >= 0.3 is 0 Å². The molecule has 0 saturated carbocycles. The van der Waals surface area contributed by atoms with Crippen molar-refractivity contribution in [1.29, 1.82) is 0 Å². The number of hydrogen-bond donors (Lipinski definition) is 0. The second-order valence-electron chi connectivity index (χ2n) is 5.28. The van der Waals surface area contributed by atoms with Gasteiger partial charge in [-0.1, -0.05) is 0 Å². The van der Waals surface area contributed by atoms with Gasteiger partial charge < -0.3 is 9.47 Å². The van der Waals surface area contributed by atoms with Crippen molar-refractivity contribution in [1.82, 2.24) is 14.8 Å². The smallest absolute Gasteiger partial charge is 0.128 e. The Morgan fingerprint density at radius 3 is 2.46 bits per heavy atom. The van der Waals surface area contributed by atoms with Crippen LogP contribution in [0.25, 0.3) is 16.6 Å². The van der Waals surface area contributed by atoms with Gasteiger partial charge in [0.1, 0.15) is 17.2 Å². The summed E-state index contributed by atoms with van der Waals surface area (Å²) in [6.07, 6.45) is 5.49. The summed E-state index contributed by atoms with van der Waals surface area (Å²) in [4.78, 5) is 4.12. The highest BCUT2D eigenvalue weighted by Gasteiger charge is 2.05. The maximum absolute atomic E-state index is 5.90. The number of hydrogen-bond acceptors (Lipinski definition) is 4. The molecule has 0 amide bonds. The Balaban J connectivity index is 1.63. The number of pyridine rings is 1. The molecular formula is C19H15N3O2. The maximum Gasteiger partial charge on any atom is 0.128 e. The third-order valence-electron chi connectivity index (χ3n) is 3.68. The van der Waals surface area contributed by atoms with E-state index in [1.807, 2.05) is 65.5 Å². The standard InChI is InChI=1S/C19H15N3O2/c1-23-16-4-6-17(7-5-16)24-18-8-9-19-14(11-18)13-22(21-19)15-3-2-10-20-12-15/h2-13H,1H3. The molecule has 5 heteroatoms. The van der Waals surface area contributed by atoms with Crippen LogP contribution in [0.3, 0.4) is 0 Å². The topological polar surface area (TPSA) is 49.2 Å². The largest absolute Gasteiger partial charge is 0.497 e. The van der Waals surface area contributed by atoms with Crippen molar-refractivity contribution in [3.63, 3.8) is 0 Å². The highest BCUT2D eigenvalue weighted by molar-refractivity contribution is 5.80. The molecule has 0 atom stereocenters. The average molecular weight is 317 g/mol. The molecule has 0 unspecified atom stereocenters. The molecular weight excluding hydrogens is 302 g/mol. The maximum atomic E-state index is 5.90. The van der Waals surface area contributed by atoms with Gasteiger partial charge in [-0.25, -0.2) is 4.68 Å². The van der Waals surface area contributed by atoms with Gasteiger partial charge in [0.25, 0.3) is 0 Å². The lowest BCUT2D eigenvalue weighted by Gasteiger charge is -2.06. The van der Waals surface area contributed by atoms with E-state index in [1.54, 1.807) is 19.5 Å². The van der Waals surface area contributed by atoms with Gasteiger partial charge in [0.05, 0.1) is 24.5 Å². The van der Waals surface area contributed by atoms with Crippen LogP contribution < -0.4 is 9.47 Å². The summed E-state index contributed by atoms with van der Waals surface area (Å²) < 4.78 is 12.9. The van der Waals surface area contributed by atoms with Gasteiger partial charge in [-0.3, -0.25) is 4.98 Å². The summed E-state index contributed by atoms with van der Waals surface area (Å²) >= 11 is 0. The zero-order chi connectivity index (χ0) is 16.4. The predicted molar refractivity (Wildman–Crippen MR) is 91.9 cm³/mol. The lowest BCUT2D eigenvalue weighted by Crippen LogP contribution is -1.93. The fourth-order valence-corrected chi connectivity index (χ4v) is 2.47. The second kappa shape index (κ2) is 6.04. The Kier molecular flexibility index (Phi) is 3.59. The van der Waals surface area contributed by atoms with Crippen LogP contribution in [-0.4, -0.2) is 21.9 Å². The number of methoxy groups -OCH3 is 1. The molecule has 118 valence electrons. The molecule has 0 fully saturated rings. The molecule has 0 aliphatic carbocycles. The molecule has 0 bridgehead atoms. The number of fused-ring (bicyclic) bond motifs is 1. The molecule has 24 heavy (non-hydrogen) atoms. The molecule has 0 aliphatic rings. The van der Waals surface area contributed by atoms with E-state index < -0.39 is 0 Å². The summed E-state index contributed by atoms with van der Waals surface area (Å²) in [5.41, 5.74) is 1.83. The van der Waals surface area contributed by atoms with Crippen LogP contribution in [-0.2, 0) is 0 Å². The van der Waals surface area contributed by atoms with Gasteiger partial charge in [-0.15, -0.1) is 0 Å². The number of nitrogens with zero attached hydrogens (tertiary/aromatic N) is 3. The Labute approximate surface area is 139 Å². The summed E-state index contributed by atoms with van der Waals surface area (Å²) in [7, 11) is 1.64. The third kappa shape index (κ3) is 2.79. The zero-order valence-corrected chi connectivity index (χ0v) is 13.1. The minimum absolute atomic E-state index is 0.759. The van der Waals surface area contributed by atoms with Crippen molar-refractivity contribution in [3.05, 3.63) is 73.2 Å². The fraction of sp³-hybridized carbons (Fsp3) is 0.0526. The average Bonchev–Trinajstić information content (AvgIpc) is 3.06. The number of aromatic nitrogens is 3. The molecule has 4 aromatic rings. The second-order valence-corrected chi connectivity index (χ2v) is 5.28. The fourth-order valence-electron chi connectivity index (χ4n) is 2.47. The monoisotopic (exact) mass is 317 g/mol. The van der Waals surface area contributed by atoms with Crippen molar-refractivity contribution in [2.45, 2.75) is 0 Å². The quantitative estimate of drug-likeness (QED) is 0.565. The number of ether oxygens (including phenoxy) is 2. The highest BCUT2D eigenvalue weighted by atomic mass is 16.5. The van der Waals surface area contributed by atoms with Gasteiger partial charge in [0.2, 0.25) is 0 Å². The van der Waals surface area contributed by atoms with E-state index in [9.17, 15) is 0 Å². The lowest BCUT2D eigenvalue weighted by molar-refractivity contribution is 0.413. The van der Waals surface area contributed by atoms with E-state index in [-0.39, 0.29) is 0 Å². The summed E-state index contributed by atoms with van der Waals surface area (Å²) in [5.74, 6) is 2.32. The van der Waals surface area contributed by atoms with Crippen LogP contribution in [0.15, 0.2) is 73.2 Å². The Hall–Kier alpha value is -3.34. The van der Waals surface area contributed by atoms with Gasteiger partial charge in [-0.05, 0) is 54.6 Å². The van der Waals surface area contributed by atoms with Crippen LogP contribution in [0, 0.1) is 0 Å². The van der Waals surface area contributed by atoms with Crippen molar-refractivity contribution < 1.29 is 9.47 Å². The van der Waals surface area contributed by atoms with Crippen LogP contribution in [0.1, 0.15) is 0 Å². The Bertz CT molecular complexity index is 963. The van der Waals surface area contributed by atoms with E-state index in [1.165, 1.54) is 0 Å². The highest BCUT2D eigenvalue weighted by Crippen LogP contribution is 2.27. The summed E-state index contributed by atoms with van der Waals surface area (Å²) in [5, 5.41) is 5.56. The normalized spacial score (nSPS) is 10.7. The molecule has 4 rings (SSSR count). The molecule has 0 N–H and O–H groups in total. The summed E-state index contributed by atoms with van der Waals surface area (Å²) in [6.45, 7) is 0. The Morgan fingerprint density at radius 2 is 1.71 bits per heavy atom. The third-order valence-corrected chi connectivity index (χ3v) is 3.68. The van der Waals surface area contributed by atoms with E-state index in [0.29, 0.717) is 0 Å². The first-order chi connectivity index (χ1) is 11.8. The molecule has 0 saturated heterocycles. The van der Waals surface area contributed by atoms with Crippen LogP contribution in [0.4, 0.5) is 0 Å². The lowest BCUT2D eigenvalue weighted by atomic mass is 10.2. The van der Waals surface area contributed by atoms with Crippen LogP contribution in [0.5, 0.6) is 17.2 Å². The molecule has 0 radical (unpaired) electrons. The van der Waals surface area contributed by atoms with Crippen molar-refractivity contribution >= 4 is 10.9 Å². The van der Waals surface area contributed by atoms with Crippen molar-refractivity contribution in [2.75, 3.05) is 7.11 Å². The first-order valence-electron chi connectivity index (χ1n) is 7.53. The molecule has 0 spiro atoms. The molecule has 2 aromatic heterocycles. The molecule has 2 heterocycles. The first kappa shape index (κ1) is 14.3. The summed E-state index contributed by atoms with van der Waals surface area (Å²) in [6, 6.07) is 17.2. The zero-order valence-electron chi connectivity index (χ0n) is 13.1. The molecule has 0 aliphatic heterocycles. The van der Waals surface area contributed by atoms with Crippen LogP contribution in [0.2, 0.25) is 0 Å². The van der Waals surface area contributed by atoms with Gasteiger partial charge in [-0.2, -0.15) is 5.10 Å². The van der Waals surface area contributed by atoms with E-state index in [2.05, 4.69) is 10.1 Å². The van der Waals surface area contributed by atoms with E-state index in [4.69, 9.17) is 9.47 Å². The SMILES string of the molecule is COc1ccc(Oc2ccc3nn(-c4cccnc4)cc3c2)cc1. The van der Waals surface area contributed by atoms with E-state index >= 15 is 0 Å². The number of benzene rings is 2. The Morgan fingerprint density at radius 1 is 0.917 bits per heavy atom. The van der Waals surface area contributed by atoms with Crippen molar-refractivity contribution in [3.8, 4) is 22.9 Å². The van der Waals surface area contributed by atoms with Crippen molar-refractivity contribution in [2.24, 2.45) is 0 Å².